The Hall–Kier alpha value is -2.10. The number of hydrogen-bond donors (Lipinski definition) is 2. The van der Waals surface area contributed by atoms with Crippen molar-refractivity contribution in [1.82, 2.24) is 10.0 Å². The molecule has 3 amide bonds. The zero-order valence-corrected chi connectivity index (χ0v) is 24.8. The predicted octanol–water partition coefficient (Wildman–Crippen LogP) is 5.33. The van der Waals surface area contributed by atoms with Gasteiger partial charge in [0.2, 0.25) is 5.91 Å². The van der Waals surface area contributed by atoms with Crippen molar-refractivity contribution >= 4 is 35.3 Å². The lowest BCUT2D eigenvalue weighted by atomic mass is 9.55. The van der Waals surface area contributed by atoms with Crippen LogP contribution in [0.15, 0.2) is 0 Å². The molecule has 6 rings (SSSR count). The Balaban J connectivity index is 1.80. The first-order valence-electron chi connectivity index (χ1n) is 14.0. The number of amides is 3. The minimum absolute atomic E-state index is 0.192. The van der Waals surface area contributed by atoms with Crippen molar-refractivity contribution in [2.45, 2.75) is 141 Å². The Morgan fingerprint density at radius 3 is 1.13 bits per heavy atom. The van der Waals surface area contributed by atoms with Crippen molar-refractivity contribution in [2.75, 3.05) is 0 Å². The van der Waals surface area contributed by atoms with Crippen LogP contribution in [0.2, 0.25) is 0 Å². The summed E-state index contributed by atoms with van der Waals surface area (Å²) in [6, 6.07) is 0. The van der Waals surface area contributed by atoms with Crippen LogP contribution in [-0.2, 0) is 14.3 Å². The summed E-state index contributed by atoms with van der Waals surface area (Å²) in [5.74, 6) is -0.272. The summed E-state index contributed by atoms with van der Waals surface area (Å²) in [4.78, 5) is 41.3. The van der Waals surface area contributed by atoms with Crippen LogP contribution in [0.5, 0.6) is 0 Å². The molecule has 214 valence electrons. The maximum absolute atomic E-state index is 14.2. The van der Waals surface area contributed by atoms with Crippen LogP contribution in [0, 0.1) is 10.8 Å². The second kappa shape index (κ2) is 9.24. The van der Waals surface area contributed by atoms with E-state index >= 15 is 0 Å². The molecular formula is C28H46N4O5S. The summed E-state index contributed by atoms with van der Waals surface area (Å²) in [5.41, 5.74) is 8.48. The molecule has 0 spiro atoms. The van der Waals surface area contributed by atoms with Gasteiger partial charge in [0.1, 0.15) is 11.2 Å². The van der Waals surface area contributed by atoms with Gasteiger partial charge in [0.15, 0.2) is 0 Å². The number of nitrogens with zero attached hydrogens (tertiary/aromatic N) is 2. The number of hydrogen-bond acceptors (Lipinski definition) is 6. The fraction of sp³-hybridized carbons (Fsp3) is 0.857. The Morgan fingerprint density at radius 1 is 0.605 bits per heavy atom. The van der Waals surface area contributed by atoms with Crippen LogP contribution < -0.4 is 11.5 Å². The highest BCUT2D eigenvalue weighted by molar-refractivity contribution is 7.80. The minimum Gasteiger partial charge on any atom is -0.442 e. The molecule has 6 aliphatic carbocycles. The van der Waals surface area contributed by atoms with Crippen molar-refractivity contribution in [3.8, 4) is 0 Å². The molecular weight excluding hydrogens is 504 g/mol. The molecule has 0 saturated heterocycles. The molecule has 4 bridgehead atoms. The lowest BCUT2D eigenvalue weighted by Gasteiger charge is -2.63. The summed E-state index contributed by atoms with van der Waals surface area (Å²) in [6.45, 7) is 11.0. The highest BCUT2D eigenvalue weighted by atomic mass is 32.1. The summed E-state index contributed by atoms with van der Waals surface area (Å²) in [6.07, 6.45) is 6.68. The van der Waals surface area contributed by atoms with E-state index in [2.05, 4.69) is 0 Å². The first kappa shape index (κ1) is 28.9. The molecule has 0 aromatic heterocycles. The molecule has 0 heterocycles. The van der Waals surface area contributed by atoms with Crippen LogP contribution in [0.1, 0.15) is 119 Å². The zero-order valence-electron chi connectivity index (χ0n) is 24.0. The smallest absolute Gasteiger partial charge is 0.430 e. The van der Waals surface area contributed by atoms with E-state index in [0.717, 1.165) is 19.3 Å². The molecule has 0 aromatic carbocycles. The number of nitrogens with two attached hydrogens (primary N) is 2. The van der Waals surface area contributed by atoms with E-state index < -0.39 is 39.9 Å². The molecule has 0 unspecified atom stereocenters. The number of primary amides is 1. The second-order valence-electron chi connectivity index (χ2n) is 14.3. The van der Waals surface area contributed by atoms with Gasteiger partial charge in [-0.3, -0.25) is 4.79 Å². The molecule has 0 aromatic rings. The SMILES string of the molecule is CC(C)(C)OC(=O)N(N(C(=O)OC(C)(C)C)C12CCC(C(N)=S)(CC1)CC2)C12CCC(C(N)=O)(CC1)CC2. The average molecular weight is 551 g/mol. The van der Waals surface area contributed by atoms with E-state index in [1.807, 2.05) is 41.5 Å². The molecule has 38 heavy (non-hydrogen) atoms. The van der Waals surface area contributed by atoms with Crippen molar-refractivity contribution in [1.29, 1.82) is 0 Å². The second-order valence-corrected chi connectivity index (χ2v) is 14.8. The van der Waals surface area contributed by atoms with Crippen molar-refractivity contribution in [2.24, 2.45) is 22.3 Å². The first-order chi connectivity index (χ1) is 17.4. The molecule has 6 fully saturated rings. The maximum atomic E-state index is 14.2. The summed E-state index contributed by atoms with van der Waals surface area (Å²) < 4.78 is 12.0. The van der Waals surface area contributed by atoms with Gasteiger partial charge in [0.25, 0.3) is 0 Å². The normalized spacial score (nSPS) is 34.4. The van der Waals surface area contributed by atoms with E-state index in [4.69, 9.17) is 33.2 Å². The van der Waals surface area contributed by atoms with Gasteiger partial charge < -0.3 is 20.9 Å². The Morgan fingerprint density at radius 2 is 0.895 bits per heavy atom. The number of hydrazine groups is 1. The topological polar surface area (TPSA) is 128 Å². The first-order valence-corrected chi connectivity index (χ1v) is 14.5. The van der Waals surface area contributed by atoms with Crippen LogP contribution in [0.4, 0.5) is 9.59 Å². The van der Waals surface area contributed by atoms with E-state index in [1.54, 1.807) is 10.0 Å². The van der Waals surface area contributed by atoms with Crippen LogP contribution in [0.25, 0.3) is 0 Å². The van der Waals surface area contributed by atoms with Crippen LogP contribution in [-0.4, -0.2) is 55.4 Å². The lowest BCUT2D eigenvalue weighted by molar-refractivity contribution is -0.198. The molecule has 4 N–H and O–H groups in total. The highest BCUT2D eigenvalue weighted by Gasteiger charge is 2.63. The quantitative estimate of drug-likeness (QED) is 0.357. The van der Waals surface area contributed by atoms with Crippen molar-refractivity contribution < 1.29 is 23.9 Å². The molecule has 0 atom stereocenters. The molecule has 6 aliphatic rings. The third kappa shape index (κ3) is 4.97. The van der Waals surface area contributed by atoms with Crippen molar-refractivity contribution in [3.05, 3.63) is 0 Å². The summed E-state index contributed by atoms with van der Waals surface area (Å²) >= 11 is 5.46. The van der Waals surface area contributed by atoms with E-state index in [1.165, 1.54) is 0 Å². The minimum atomic E-state index is -0.760. The predicted molar refractivity (Wildman–Crippen MR) is 148 cm³/mol. The monoisotopic (exact) mass is 550 g/mol. The number of rotatable bonds is 4. The van der Waals surface area contributed by atoms with Gasteiger partial charge in [0, 0.05) is 10.8 Å². The highest BCUT2D eigenvalue weighted by Crippen LogP contribution is 2.59. The molecule has 10 heteroatoms. The van der Waals surface area contributed by atoms with Crippen LogP contribution >= 0.6 is 12.2 Å². The summed E-state index contributed by atoms with van der Waals surface area (Å²) in [5, 5.41) is 3.26. The number of thiocarbonyl (C=S) groups is 1. The molecule has 0 radical (unpaired) electrons. The van der Waals surface area contributed by atoms with E-state index in [-0.39, 0.29) is 11.3 Å². The Kier molecular flexibility index (Phi) is 7.02. The largest absolute Gasteiger partial charge is 0.442 e. The third-order valence-electron chi connectivity index (χ3n) is 9.69. The summed E-state index contributed by atoms with van der Waals surface area (Å²) in [7, 11) is 0. The average Bonchev–Trinajstić information content (AvgIpc) is 2.82. The van der Waals surface area contributed by atoms with Crippen molar-refractivity contribution in [3.63, 3.8) is 0 Å². The fourth-order valence-corrected chi connectivity index (χ4v) is 7.60. The molecule has 6 saturated carbocycles. The fourth-order valence-electron chi connectivity index (χ4n) is 7.29. The number of carbonyl (C=O) groups is 3. The third-order valence-corrected chi connectivity index (χ3v) is 10.1. The van der Waals surface area contributed by atoms with Gasteiger partial charge in [-0.1, -0.05) is 12.2 Å². The number of carbonyl (C=O) groups excluding carboxylic acids is 3. The van der Waals surface area contributed by atoms with Gasteiger partial charge >= 0.3 is 12.2 Å². The number of ether oxygens (including phenoxy) is 2. The Labute approximate surface area is 232 Å². The van der Waals surface area contributed by atoms with Gasteiger partial charge in [-0.05, 0) is 119 Å². The molecule has 9 nitrogen and oxygen atoms in total. The van der Waals surface area contributed by atoms with E-state index in [0.29, 0.717) is 62.8 Å². The zero-order chi connectivity index (χ0) is 28.4. The maximum Gasteiger partial charge on any atom is 0.430 e. The van der Waals surface area contributed by atoms with Gasteiger partial charge in [0.05, 0.1) is 16.1 Å². The van der Waals surface area contributed by atoms with E-state index in [9.17, 15) is 14.4 Å². The van der Waals surface area contributed by atoms with Gasteiger partial charge in [-0.2, -0.15) is 0 Å². The Bertz CT molecular complexity index is 885. The molecule has 0 aliphatic heterocycles. The lowest BCUT2D eigenvalue weighted by Crippen LogP contribution is -2.73. The van der Waals surface area contributed by atoms with Gasteiger partial charge in [-0.15, -0.1) is 0 Å². The standard InChI is InChI=1S/C28H46N4O5S/c1-23(2,3)36-21(34)31(27-13-7-25(8-14-27,9-15-27)19(29)33)32(22(35)37-24(4,5)6)28-16-10-26(11-17-28,12-18-28)20(30)38/h7-18H2,1-6H3,(H2,29,33)(H2,30,38). The number of fused-ring (bicyclic) bond motifs is 6. The van der Waals surface area contributed by atoms with Gasteiger partial charge in [-0.25, -0.2) is 19.6 Å². The van der Waals surface area contributed by atoms with Crippen LogP contribution in [0.3, 0.4) is 0 Å².